The summed E-state index contributed by atoms with van der Waals surface area (Å²) in [6, 6.07) is 8.93. The number of benzene rings is 2. The van der Waals surface area contributed by atoms with E-state index in [-0.39, 0.29) is 0 Å². The Hall–Kier alpha value is -2.72. The number of hydrogen-bond donors (Lipinski definition) is 1. The van der Waals surface area contributed by atoms with Crippen molar-refractivity contribution in [1.82, 2.24) is 14.8 Å². The van der Waals surface area contributed by atoms with Gasteiger partial charge in [-0.05, 0) is 50.1 Å². The van der Waals surface area contributed by atoms with E-state index < -0.39 is 34.3 Å². The third kappa shape index (κ3) is 4.56. The zero-order valence-corrected chi connectivity index (χ0v) is 18.6. The van der Waals surface area contributed by atoms with Crippen LogP contribution in [0.4, 0.5) is 24.8 Å². The van der Waals surface area contributed by atoms with Crippen molar-refractivity contribution >= 4 is 40.9 Å². The van der Waals surface area contributed by atoms with E-state index in [1.807, 2.05) is 16.7 Å². The van der Waals surface area contributed by atoms with Crippen LogP contribution in [0.2, 0.25) is 5.02 Å². The van der Waals surface area contributed by atoms with E-state index in [2.05, 4.69) is 20.4 Å². The van der Waals surface area contributed by atoms with Crippen LogP contribution in [0.3, 0.4) is 0 Å². The first kappa shape index (κ1) is 22.5. The molecule has 1 atom stereocenters. The molecule has 1 aliphatic rings. The molecular weight excluding hydrogens is 463 g/mol. The largest absolute Gasteiger partial charge is 0.341 e. The maximum Gasteiger partial charge on any atom is 0.237 e. The van der Waals surface area contributed by atoms with Crippen molar-refractivity contribution in [3.63, 3.8) is 0 Å². The highest BCUT2D eigenvalue weighted by atomic mass is 35.5. The number of anilines is 2. The summed E-state index contributed by atoms with van der Waals surface area (Å²) in [6.07, 6.45) is 2.09. The van der Waals surface area contributed by atoms with E-state index in [0.29, 0.717) is 16.1 Å². The van der Waals surface area contributed by atoms with Gasteiger partial charge in [0, 0.05) is 18.1 Å². The lowest BCUT2D eigenvalue weighted by Crippen LogP contribution is -2.24. The molecule has 1 fully saturated rings. The van der Waals surface area contributed by atoms with Crippen LogP contribution in [0.5, 0.6) is 0 Å². The van der Waals surface area contributed by atoms with Crippen molar-refractivity contribution < 1.29 is 18.0 Å². The molecule has 1 saturated heterocycles. The second kappa shape index (κ2) is 9.41. The fourth-order valence-electron chi connectivity index (χ4n) is 3.37. The molecule has 1 aliphatic heterocycles. The van der Waals surface area contributed by atoms with E-state index in [1.54, 1.807) is 19.1 Å². The Kier molecular flexibility index (Phi) is 6.61. The molecule has 3 aromatic rings. The number of rotatable bonds is 6. The third-order valence-electron chi connectivity index (χ3n) is 5.02. The minimum Gasteiger partial charge on any atom is -0.341 e. The van der Waals surface area contributed by atoms with Crippen molar-refractivity contribution in [3.8, 4) is 5.69 Å². The number of aromatic nitrogens is 3. The predicted octanol–water partition coefficient (Wildman–Crippen LogP) is 5.06. The maximum atomic E-state index is 13.9. The number of amides is 1. The molecule has 2 aromatic carbocycles. The molecule has 4 rings (SSSR count). The highest BCUT2D eigenvalue weighted by molar-refractivity contribution is 8.00. The summed E-state index contributed by atoms with van der Waals surface area (Å²) in [4.78, 5) is 14.7. The van der Waals surface area contributed by atoms with Crippen molar-refractivity contribution in [1.29, 1.82) is 0 Å². The van der Waals surface area contributed by atoms with Crippen LogP contribution in [-0.2, 0) is 4.79 Å². The molecule has 0 spiro atoms. The zero-order chi connectivity index (χ0) is 22.8. The van der Waals surface area contributed by atoms with Crippen LogP contribution < -0.4 is 10.2 Å². The molecule has 1 amide bonds. The maximum absolute atomic E-state index is 13.9. The number of halogens is 4. The molecule has 1 aromatic heterocycles. The number of nitrogens with zero attached hydrogens (tertiary/aromatic N) is 4. The molecule has 1 unspecified atom stereocenters. The predicted molar refractivity (Wildman–Crippen MR) is 118 cm³/mol. The van der Waals surface area contributed by atoms with Gasteiger partial charge in [-0.25, -0.2) is 13.2 Å². The van der Waals surface area contributed by atoms with Gasteiger partial charge in [0.15, 0.2) is 22.6 Å². The summed E-state index contributed by atoms with van der Waals surface area (Å²) in [7, 11) is 0. The Morgan fingerprint density at radius 2 is 1.88 bits per heavy atom. The standard InChI is InChI=1S/C21H19ClF3N5OS/c1-12(19(31)26-16-8-7-15(23)17(24)18(16)25)32-21-28-27-20(29-9-2-3-10-29)30(21)14-6-4-5-13(22)11-14/h4-8,11-12H,2-3,9-10H2,1H3,(H,26,31). The lowest BCUT2D eigenvalue weighted by atomic mass is 10.2. The van der Waals surface area contributed by atoms with Gasteiger partial charge in [-0.3, -0.25) is 9.36 Å². The first-order valence-corrected chi connectivity index (χ1v) is 11.2. The fraction of sp³-hybridized carbons (Fsp3) is 0.286. The van der Waals surface area contributed by atoms with Gasteiger partial charge in [0.05, 0.1) is 16.6 Å². The zero-order valence-electron chi connectivity index (χ0n) is 17.0. The molecule has 0 bridgehead atoms. The average molecular weight is 482 g/mol. The highest BCUT2D eigenvalue weighted by Crippen LogP contribution is 2.32. The second-order valence-electron chi connectivity index (χ2n) is 7.26. The Bertz CT molecular complexity index is 1150. The summed E-state index contributed by atoms with van der Waals surface area (Å²) in [5.41, 5.74) is 0.307. The first-order valence-electron chi connectivity index (χ1n) is 9.92. The van der Waals surface area contributed by atoms with Crippen molar-refractivity contribution in [2.75, 3.05) is 23.3 Å². The number of hydrogen-bond acceptors (Lipinski definition) is 5. The average Bonchev–Trinajstić information content (AvgIpc) is 3.44. The van der Waals surface area contributed by atoms with Gasteiger partial charge >= 0.3 is 0 Å². The van der Waals surface area contributed by atoms with Crippen LogP contribution in [0.25, 0.3) is 5.69 Å². The van der Waals surface area contributed by atoms with Crippen molar-refractivity contribution in [2.45, 2.75) is 30.2 Å². The molecular formula is C21H19ClF3N5OS. The van der Waals surface area contributed by atoms with Gasteiger partial charge < -0.3 is 10.2 Å². The van der Waals surface area contributed by atoms with Gasteiger partial charge in [-0.15, -0.1) is 10.2 Å². The molecule has 0 saturated carbocycles. The molecule has 6 nitrogen and oxygen atoms in total. The summed E-state index contributed by atoms with van der Waals surface area (Å²) in [6.45, 7) is 3.29. The van der Waals surface area contributed by atoms with Gasteiger partial charge in [0.1, 0.15) is 0 Å². The summed E-state index contributed by atoms with van der Waals surface area (Å²) in [5.74, 6) is -4.37. The van der Waals surface area contributed by atoms with Gasteiger partial charge in [0.25, 0.3) is 0 Å². The number of carbonyl (C=O) groups is 1. The van der Waals surface area contributed by atoms with Crippen LogP contribution in [0.15, 0.2) is 41.6 Å². The third-order valence-corrected chi connectivity index (χ3v) is 6.29. The minimum atomic E-state index is -1.64. The fourth-order valence-corrected chi connectivity index (χ4v) is 4.42. The van der Waals surface area contributed by atoms with E-state index in [4.69, 9.17) is 11.6 Å². The number of carbonyl (C=O) groups excluding carboxylic acids is 1. The quantitative estimate of drug-likeness (QED) is 0.394. The minimum absolute atomic E-state index is 0.435. The molecule has 1 N–H and O–H groups in total. The molecule has 168 valence electrons. The van der Waals surface area contributed by atoms with Crippen LogP contribution in [-0.4, -0.2) is 39.0 Å². The summed E-state index contributed by atoms with van der Waals surface area (Å²) >= 11 is 7.29. The molecule has 0 aliphatic carbocycles. The SMILES string of the molecule is CC(Sc1nnc(N2CCCC2)n1-c1cccc(Cl)c1)C(=O)Nc1ccc(F)c(F)c1F. The normalized spacial score (nSPS) is 14.6. The van der Waals surface area contributed by atoms with Crippen molar-refractivity contribution in [2.24, 2.45) is 0 Å². The molecule has 32 heavy (non-hydrogen) atoms. The monoisotopic (exact) mass is 481 g/mol. The Morgan fingerprint density at radius 3 is 2.59 bits per heavy atom. The van der Waals surface area contributed by atoms with Crippen LogP contribution in [0, 0.1) is 17.5 Å². The van der Waals surface area contributed by atoms with E-state index in [9.17, 15) is 18.0 Å². The lowest BCUT2D eigenvalue weighted by molar-refractivity contribution is -0.115. The summed E-state index contributed by atoms with van der Waals surface area (Å²) < 4.78 is 42.4. The number of nitrogens with one attached hydrogen (secondary N) is 1. The molecule has 0 radical (unpaired) electrons. The van der Waals surface area contributed by atoms with E-state index in [0.717, 1.165) is 55.5 Å². The summed E-state index contributed by atoms with van der Waals surface area (Å²) in [5, 5.41) is 11.1. The Morgan fingerprint density at radius 1 is 1.12 bits per heavy atom. The Labute approximate surface area is 191 Å². The smallest absolute Gasteiger partial charge is 0.237 e. The van der Waals surface area contributed by atoms with Crippen LogP contribution >= 0.6 is 23.4 Å². The highest BCUT2D eigenvalue weighted by Gasteiger charge is 2.26. The second-order valence-corrected chi connectivity index (χ2v) is 9.01. The topological polar surface area (TPSA) is 63.1 Å². The number of thioether (sulfide) groups is 1. The molecule has 11 heteroatoms. The Balaban J connectivity index is 1.59. The van der Waals surface area contributed by atoms with Gasteiger partial charge in [0.2, 0.25) is 11.9 Å². The van der Waals surface area contributed by atoms with Crippen molar-refractivity contribution in [3.05, 3.63) is 58.9 Å². The van der Waals surface area contributed by atoms with Crippen LogP contribution in [0.1, 0.15) is 19.8 Å². The van der Waals surface area contributed by atoms with E-state index >= 15 is 0 Å². The van der Waals surface area contributed by atoms with Gasteiger partial charge in [-0.2, -0.15) is 0 Å². The van der Waals surface area contributed by atoms with Gasteiger partial charge in [-0.1, -0.05) is 29.4 Å². The molecule has 2 heterocycles. The lowest BCUT2D eigenvalue weighted by Gasteiger charge is -2.19. The van der Waals surface area contributed by atoms with E-state index in [1.165, 1.54) is 0 Å². The first-order chi connectivity index (χ1) is 15.3.